The van der Waals surface area contributed by atoms with Crippen molar-refractivity contribution in [1.29, 1.82) is 0 Å². The first kappa shape index (κ1) is 16.2. The molecule has 0 aliphatic carbocycles. The summed E-state index contributed by atoms with van der Waals surface area (Å²) in [7, 11) is -5.97. The second kappa shape index (κ2) is 5.91. The van der Waals surface area contributed by atoms with E-state index < -0.39 is 25.3 Å². The summed E-state index contributed by atoms with van der Waals surface area (Å²) in [6.45, 7) is 0.188. The first-order chi connectivity index (χ1) is 9.75. The highest BCUT2D eigenvalue weighted by molar-refractivity contribution is 7.90. The van der Waals surface area contributed by atoms with Crippen LogP contribution in [0.25, 0.3) is 0 Å². The lowest BCUT2D eigenvalue weighted by Gasteiger charge is -2.30. The predicted octanol–water partition coefficient (Wildman–Crippen LogP) is 0.137. The third kappa shape index (κ3) is 3.54. The van der Waals surface area contributed by atoms with E-state index in [0.717, 1.165) is 0 Å². The predicted molar refractivity (Wildman–Crippen MR) is 77.9 cm³/mol. The molecule has 2 N–H and O–H groups in total. The molecule has 0 spiro atoms. The fraction of sp³-hybridized carbons (Fsp3) is 0.500. The fourth-order valence-electron chi connectivity index (χ4n) is 2.29. The van der Waals surface area contributed by atoms with Crippen molar-refractivity contribution in [3.05, 3.63) is 24.3 Å². The molecular formula is C12H18N2O5S2. The summed E-state index contributed by atoms with van der Waals surface area (Å²) >= 11 is 0. The zero-order chi connectivity index (χ0) is 15.7. The smallest absolute Gasteiger partial charge is 0.243 e. The maximum atomic E-state index is 12.5. The Hall–Kier alpha value is -1.16. The number of rotatable bonds is 4. The molecule has 9 heteroatoms. The number of piperidine rings is 1. The van der Waals surface area contributed by atoms with Gasteiger partial charge in [-0.2, -0.15) is 4.31 Å². The van der Waals surface area contributed by atoms with Crippen molar-refractivity contribution in [1.82, 2.24) is 4.31 Å². The summed E-state index contributed by atoms with van der Waals surface area (Å²) in [4.78, 5) is 0.110. The minimum atomic E-state index is -3.74. The molecule has 1 aliphatic rings. The Balaban J connectivity index is 2.26. The number of ether oxygens (including phenoxy) is 1. The van der Waals surface area contributed by atoms with Crippen LogP contribution in [0.1, 0.15) is 12.8 Å². The number of nitrogens with zero attached hydrogens (tertiary/aromatic N) is 1. The second-order valence-electron chi connectivity index (χ2n) is 4.89. The van der Waals surface area contributed by atoms with Crippen LogP contribution in [0.15, 0.2) is 29.2 Å². The molecule has 118 valence electrons. The van der Waals surface area contributed by atoms with Crippen LogP contribution < -0.4 is 9.88 Å². The number of primary sulfonamides is 1. The standard InChI is InChI=1S/C12H18N2O5S2/c1-19-10-4-6-11(7-5-10)21(17,18)14-8-2-3-12(9-14)20(13,15)16/h4-7,12H,2-3,8-9H2,1H3,(H2,13,15,16). The zero-order valence-electron chi connectivity index (χ0n) is 11.6. The number of hydrogen-bond donors (Lipinski definition) is 1. The van der Waals surface area contributed by atoms with Crippen molar-refractivity contribution in [2.75, 3.05) is 20.2 Å². The normalized spacial score (nSPS) is 21.1. The van der Waals surface area contributed by atoms with Crippen LogP contribution in [0.4, 0.5) is 0 Å². The van der Waals surface area contributed by atoms with E-state index in [1.807, 2.05) is 0 Å². The summed E-state index contributed by atoms with van der Waals surface area (Å²) in [5.41, 5.74) is 0. The lowest BCUT2D eigenvalue weighted by molar-refractivity contribution is 0.346. The maximum Gasteiger partial charge on any atom is 0.243 e. The van der Waals surface area contributed by atoms with E-state index in [0.29, 0.717) is 25.1 Å². The van der Waals surface area contributed by atoms with Crippen molar-refractivity contribution in [2.24, 2.45) is 5.14 Å². The molecule has 1 saturated heterocycles. The number of methoxy groups -OCH3 is 1. The van der Waals surface area contributed by atoms with Gasteiger partial charge in [-0.25, -0.2) is 22.0 Å². The highest BCUT2D eigenvalue weighted by atomic mass is 32.2. The molecule has 1 aromatic rings. The summed E-state index contributed by atoms with van der Waals surface area (Å²) < 4.78 is 54.0. The molecule has 0 saturated carbocycles. The molecule has 1 aromatic carbocycles. The molecule has 1 heterocycles. The molecule has 1 atom stereocenters. The van der Waals surface area contributed by atoms with E-state index in [1.165, 1.54) is 23.5 Å². The Bertz CT molecular complexity index is 698. The summed E-state index contributed by atoms with van der Waals surface area (Å²) in [5, 5.41) is 4.28. The maximum absolute atomic E-state index is 12.5. The van der Waals surface area contributed by atoms with E-state index in [9.17, 15) is 16.8 Å². The molecule has 21 heavy (non-hydrogen) atoms. The Morgan fingerprint density at radius 3 is 2.33 bits per heavy atom. The first-order valence-electron chi connectivity index (χ1n) is 6.41. The van der Waals surface area contributed by atoms with Gasteiger partial charge in [0.1, 0.15) is 5.75 Å². The number of hydrogen-bond acceptors (Lipinski definition) is 5. The van der Waals surface area contributed by atoms with Gasteiger partial charge in [-0.05, 0) is 37.1 Å². The van der Waals surface area contributed by atoms with E-state index in [1.54, 1.807) is 12.1 Å². The fourth-order valence-corrected chi connectivity index (χ4v) is 4.79. The highest BCUT2D eigenvalue weighted by Gasteiger charge is 2.34. The monoisotopic (exact) mass is 334 g/mol. The Morgan fingerprint density at radius 2 is 1.81 bits per heavy atom. The van der Waals surface area contributed by atoms with E-state index in [4.69, 9.17) is 9.88 Å². The van der Waals surface area contributed by atoms with E-state index in [-0.39, 0.29) is 11.4 Å². The minimum Gasteiger partial charge on any atom is -0.497 e. The van der Waals surface area contributed by atoms with Gasteiger partial charge in [0.15, 0.2) is 0 Å². The SMILES string of the molecule is COc1ccc(S(=O)(=O)N2CCCC(S(N)(=O)=O)C2)cc1. The van der Waals surface area contributed by atoms with Crippen LogP contribution in [0, 0.1) is 0 Å². The molecule has 0 aromatic heterocycles. The molecular weight excluding hydrogens is 316 g/mol. The van der Waals surface area contributed by atoms with Gasteiger partial charge in [0.25, 0.3) is 0 Å². The molecule has 0 bridgehead atoms. The molecule has 2 rings (SSSR count). The molecule has 1 fully saturated rings. The zero-order valence-corrected chi connectivity index (χ0v) is 13.2. The average Bonchev–Trinajstić information content (AvgIpc) is 2.46. The molecule has 0 amide bonds. The molecule has 1 aliphatic heterocycles. The number of benzene rings is 1. The van der Waals surface area contributed by atoms with Crippen LogP contribution in [0.3, 0.4) is 0 Å². The Labute approximate surface area is 124 Å². The van der Waals surface area contributed by atoms with Crippen molar-refractivity contribution in [3.8, 4) is 5.75 Å². The van der Waals surface area contributed by atoms with Crippen molar-refractivity contribution >= 4 is 20.0 Å². The van der Waals surface area contributed by atoms with Crippen molar-refractivity contribution in [2.45, 2.75) is 23.0 Å². The van der Waals surface area contributed by atoms with Gasteiger partial charge < -0.3 is 4.74 Å². The van der Waals surface area contributed by atoms with Crippen molar-refractivity contribution in [3.63, 3.8) is 0 Å². The van der Waals surface area contributed by atoms with Gasteiger partial charge in [-0.3, -0.25) is 0 Å². The lowest BCUT2D eigenvalue weighted by atomic mass is 10.2. The number of sulfonamides is 2. The third-order valence-electron chi connectivity index (χ3n) is 3.50. The van der Waals surface area contributed by atoms with Crippen LogP contribution in [-0.4, -0.2) is 46.6 Å². The van der Waals surface area contributed by atoms with E-state index >= 15 is 0 Å². The van der Waals surface area contributed by atoms with Gasteiger partial charge in [-0.1, -0.05) is 0 Å². The Kier molecular flexibility index (Phi) is 4.57. The second-order valence-corrected chi connectivity index (χ2v) is 8.67. The summed E-state index contributed by atoms with van der Waals surface area (Å²) in [5.74, 6) is 0.551. The topological polar surface area (TPSA) is 107 Å². The summed E-state index contributed by atoms with van der Waals surface area (Å²) in [6, 6.07) is 5.98. The van der Waals surface area contributed by atoms with Gasteiger partial charge in [0, 0.05) is 13.1 Å². The lowest BCUT2D eigenvalue weighted by Crippen LogP contribution is -2.46. The van der Waals surface area contributed by atoms with Gasteiger partial charge >= 0.3 is 0 Å². The minimum absolute atomic E-state index is 0.104. The van der Waals surface area contributed by atoms with Gasteiger partial charge in [-0.15, -0.1) is 0 Å². The molecule has 0 radical (unpaired) electrons. The molecule has 1 unspecified atom stereocenters. The average molecular weight is 334 g/mol. The van der Waals surface area contributed by atoms with Crippen LogP contribution >= 0.6 is 0 Å². The largest absolute Gasteiger partial charge is 0.497 e. The van der Waals surface area contributed by atoms with Crippen molar-refractivity contribution < 1.29 is 21.6 Å². The van der Waals surface area contributed by atoms with Gasteiger partial charge in [0.2, 0.25) is 20.0 Å². The van der Waals surface area contributed by atoms with Crippen LogP contribution in [0.2, 0.25) is 0 Å². The quantitative estimate of drug-likeness (QED) is 0.842. The van der Waals surface area contributed by atoms with Gasteiger partial charge in [0.05, 0.1) is 17.3 Å². The summed E-state index contributed by atoms with van der Waals surface area (Å²) in [6.07, 6.45) is 0.851. The van der Waals surface area contributed by atoms with Crippen LogP contribution in [0.5, 0.6) is 5.75 Å². The third-order valence-corrected chi connectivity index (χ3v) is 6.70. The first-order valence-corrected chi connectivity index (χ1v) is 9.46. The van der Waals surface area contributed by atoms with E-state index in [2.05, 4.69) is 0 Å². The highest BCUT2D eigenvalue weighted by Crippen LogP contribution is 2.24. The van der Waals surface area contributed by atoms with Crippen LogP contribution in [-0.2, 0) is 20.0 Å². The molecule has 7 nitrogen and oxygen atoms in total. The number of nitrogens with two attached hydrogens (primary N) is 1. The Morgan fingerprint density at radius 1 is 1.19 bits per heavy atom.